The van der Waals surface area contributed by atoms with Gasteiger partial charge < -0.3 is 9.88 Å². The molecule has 0 aliphatic rings. The molecule has 2 N–H and O–H groups in total. The van der Waals surface area contributed by atoms with Crippen LogP contribution in [0, 0.1) is 0 Å². The standard InChI is InChI=1S/C18H22N4O2/c1-3-12(2)20-16(23)9-6-10-22-15-8-5-4-7-13(15)14-11-19-21-18(24)17(14)22/h4-5,7-8,11-12H,3,6,9-10H2,1-2H3,(H,20,23)(H,21,24). The monoisotopic (exact) mass is 326 g/mol. The van der Waals surface area contributed by atoms with E-state index in [4.69, 9.17) is 0 Å². The molecule has 0 radical (unpaired) electrons. The lowest BCUT2D eigenvalue weighted by molar-refractivity contribution is -0.121. The van der Waals surface area contributed by atoms with Crippen molar-refractivity contribution in [2.75, 3.05) is 0 Å². The van der Waals surface area contributed by atoms with Gasteiger partial charge in [-0.2, -0.15) is 5.10 Å². The molecule has 0 spiro atoms. The molecular weight excluding hydrogens is 304 g/mol. The van der Waals surface area contributed by atoms with Gasteiger partial charge in [-0.05, 0) is 25.8 Å². The third-order valence-corrected chi connectivity index (χ3v) is 4.39. The first-order valence-electron chi connectivity index (χ1n) is 8.35. The second-order valence-corrected chi connectivity index (χ2v) is 6.11. The van der Waals surface area contributed by atoms with Crippen LogP contribution in [0.3, 0.4) is 0 Å². The Morgan fingerprint density at radius 3 is 2.92 bits per heavy atom. The Balaban J connectivity index is 1.86. The van der Waals surface area contributed by atoms with Crippen molar-refractivity contribution in [1.82, 2.24) is 20.1 Å². The zero-order valence-corrected chi connectivity index (χ0v) is 14.0. The molecule has 1 amide bonds. The molecule has 3 rings (SSSR count). The number of hydrogen-bond donors (Lipinski definition) is 2. The minimum atomic E-state index is -0.201. The molecule has 2 aromatic heterocycles. The highest BCUT2D eigenvalue weighted by molar-refractivity contribution is 6.07. The Labute approximate surface area is 139 Å². The predicted molar refractivity (Wildman–Crippen MR) is 95.0 cm³/mol. The average molecular weight is 326 g/mol. The molecule has 1 unspecified atom stereocenters. The summed E-state index contributed by atoms with van der Waals surface area (Å²) < 4.78 is 1.99. The largest absolute Gasteiger partial charge is 0.354 e. The molecule has 3 aromatic rings. The Bertz CT molecular complexity index is 926. The van der Waals surface area contributed by atoms with Crippen molar-refractivity contribution in [3.63, 3.8) is 0 Å². The number of aromatic nitrogens is 3. The highest BCUT2D eigenvalue weighted by Gasteiger charge is 2.14. The van der Waals surface area contributed by atoms with Crippen LogP contribution in [0.2, 0.25) is 0 Å². The molecule has 126 valence electrons. The lowest BCUT2D eigenvalue weighted by atomic mass is 10.2. The van der Waals surface area contributed by atoms with Gasteiger partial charge in [-0.1, -0.05) is 25.1 Å². The van der Waals surface area contributed by atoms with Gasteiger partial charge in [0.15, 0.2) is 0 Å². The number of carbonyl (C=O) groups is 1. The molecule has 6 heteroatoms. The number of rotatable bonds is 6. The number of aryl methyl sites for hydroxylation is 1. The number of para-hydroxylation sites is 1. The normalized spacial score (nSPS) is 12.6. The number of amides is 1. The van der Waals surface area contributed by atoms with Gasteiger partial charge in [-0.15, -0.1) is 0 Å². The third-order valence-electron chi connectivity index (χ3n) is 4.39. The van der Waals surface area contributed by atoms with Crippen LogP contribution in [0.1, 0.15) is 33.1 Å². The topological polar surface area (TPSA) is 79.8 Å². The fourth-order valence-corrected chi connectivity index (χ4v) is 2.99. The fourth-order valence-electron chi connectivity index (χ4n) is 2.99. The van der Waals surface area contributed by atoms with Crippen LogP contribution in [0.5, 0.6) is 0 Å². The number of carbonyl (C=O) groups excluding carboxylic acids is 1. The highest BCUT2D eigenvalue weighted by atomic mass is 16.1. The van der Waals surface area contributed by atoms with E-state index >= 15 is 0 Å². The van der Waals surface area contributed by atoms with Crippen molar-refractivity contribution in [3.05, 3.63) is 40.8 Å². The summed E-state index contributed by atoms with van der Waals surface area (Å²) >= 11 is 0. The van der Waals surface area contributed by atoms with E-state index in [2.05, 4.69) is 15.5 Å². The molecule has 0 fully saturated rings. The molecule has 1 atom stereocenters. The first-order valence-corrected chi connectivity index (χ1v) is 8.35. The van der Waals surface area contributed by atoms with Crippen molar-refractivity contribution >= 4 is 27.7 Å². The quantitative estimate of drug-likeness (QED) is 0.730. The molecule has 0 saturated carbocycles. The van der Waals surface area contributed by atoms with Gasteiger partial charge in [0.25, 0.3) is 5.56 Å². The SMILES string of the molecule is CCC(C)NC(=O)CCCn1c2ccccc2c2cn[nH]c(=O)c21. The van der Waals surface area contributed by atoms with Crippen molar-refractivity contribution in [3.8, 4) is 0 Å². The summed E-state index contributed by atoms with van der Waals surface area (Å²) in [4.78, 5) is 24.2. The van der Waals surface area contributed by atoms with Crippen LogP contribution in [-0.2, 0) is 11.3 Å². The van der Waals surface area contributed by atoms with Crippen LogP contribution < -0.4 is 10.9 Å². The first kappa shape index (κ1) is 16.2. The molecule has 0 bridgehead atoms. The van der Waals surface area contributed by atoms with E-state index in [-0.39, 0.29) is 17.5 Å². The van der Waals surface area contributed by atoms with Gasteiger partial charge in [0.05, 0.1) is 6.20 Å². The second kappa shape index (κ2) is 6.86. The lowest BCUT2D eigenvalue weighted by Gasteiger charge is -2.11. The minimum absolute atomic E-state index is 0.0562. The maximum atomic E-state index is 12.2. The number of benzene rings is 1. The van der Waals surface area contributed by atoms with Crippen LogP contribution in [-0.4, -0.2) is 26.7 Å². The molecular formula is C18H22N4O2. The summed E-state index contributed by atoms with van der Waals surface area (Å²) in [6.07, 6.45) is 3.73. The number of fused-ring (bicyclic) bond motifs is 3. The van der Waals surface area contributed by atoms with Crippen LogP contribution in [0.4, 0.5) is 0 Å². The summed E-state index contributed by atoms with van der Waals surface area (Å²) in [5.41, 5.74) is 1.41. The zero-order valence-electron chi connectivity index (χ0n) is 14.0. The Morgan fingerprint density at radius 2 is 2.12 bits per heavy atom. The zero-order chi connectivity index (χ0) is 17.1. The Hall–Kier alpha value is -2.63. The van der Waals surface area contributed by atoms with Crippen LogP contribution in [0.15, 0.2) is 35.3 Å². The molecule has 6 nitrogen and oxygen atoms in total. The maximum absolute atomic E-state index is 12.2. The number of H-pyrrole nitrogens is 1. The van der Waals surface area contributed by atoms with E-state index < -0.39 is 0 Å². The molecule has 1 aromatic carbocycles. The predicted octanol–water partition coefficient (Wildman–Crippen LogP) is 2.57. The third kappa shape index (κ3) is 3.04. The Morgan fingerprint density at radius 1 is 1.33 bits per heavy atom. The smallest absolute Gasteiger partial charge is 0.288 e. The average Bonchev–Trinajstić information content (AvgIpc) is 2.90. The molecule has 2 heterocycles. The van der Waals surface area contributed by atoms with Crippen molar-refractivity contribution in [2.24, 2.45) is 0 Å². The molecule has 0 aliphatic heterocycles. The summed E-state index contributed by atoms with van der Waals surface area (Å²) in [6.45, 7) is 4.66. The van der Waals surface area contributed by atoms with Crippen molar-refractivity contribution in [1.29, 1.82) is 0 Å². The maximum Gasteiger partial charge on any atom is 0.288 e. The van der Waals surface area contributed by atoms with Crippen molar-refractivity contribution < 1.29 is 4.79 Å². The lowest BCUT2D eigenvalue weighted by Crippen LogP contribution is -2.31. The van der Waals surface area contributed by atoms with Gasteiger partial charge in [0.1, 0.15) is 5.52 Å². The highest BCUT2D eigenvalue weighted by Crippen LogP contribution is 2.26. The van der Waals surface area contributed by atoms with Gasteiger partial charge in [0.2, 0.25) is 5.91 Å². The van der Waals surface area contributed by atoms with Crippen LogP contribution in [0.25, 0.3) is 21.8 Å². The fraction of sp³-hybridized carbons (Fsp3) is 0.389. The summed E-state index contributed by atoms with van der Waals surface area (Å²) in [6, 6.07) is 8.08. The summed E-state index contributed by atoms with van der Waals surface area (Å²) in [5, 5.41) is 11.2. The first-order chi connectivity index (χ1) is 11.6. The second-order valence-electron chi connectivity index (χ2n) is 6.11. The number of nitrogens with zero attached hydrogens (tertiary/aromatic N) is 2. The summed E-state index contributed by atoms with van der Waals surface area (Å²) in [5.74, 6) is 0.0562. The van der Waals surface area contributed by atoms with Gasteiger partial charge in [-0.25, -0.2) is 5.10 Å². The van der Waals surface area contributed by atoms with E-state index in [1.54, 1.807) is 6.20 Å². The van der Waals surface area contributed by atoms with E-state index in [1.807, 2.05) is 42.7 Å². The van der Waals surface area contributed by atoms with E-state index in [0.717, 1.165) is 22.7 Å². The molecule has 0 aliphatic carbocycles. The number of hydrogen-bond acceptors (Lipinski definition) is 3. The van der Waals surface area contributed by atoms with E-state index in [9.17, 15) is 9.59 Å². The van der Waals surface area contributed by atoms with Gasteiger partial charge in [0, 0.05) is 35.3 Å². The Kier molecular flexibility index (Phi) is 4.64. The minimum Gasteiger partial charge on any atom is -0.354 e. The van der Waals surface area contributed by atoms with Gasteiger partial charge in [-0.3, -0.25) is 9.59 Å². The number of aromatic amines is 1. The molecule has 0 saturated heterocycles. The summed E-state index contributed by atoms with van der Waals surface area (Å²) in [7, 11) is 0. The van der Waals surface area contributed by atoms with Crippen LogP contribution >= 0.6 is 0 Å². The number of nitrogens with one attached hydrogen (secondary N) is 2. The van der Waals surface area contributed by atoms with E-state index in [0.29, 0.717) is 24.9 Å². The van der Waals surface area contributed by atoms with Gasteiger partial charge >= 0.3 is 0 Å². The molecule has 24 heavy (non-hydrogen) atoms. The van der Waals surface area contributed by atoms with E-state index in [1.165, 1.54) is 0 Å². The van der Waals surface area contributed by atoms with Crippen molar-refractivity contribution in [2.45, 2.75) is 45.7 Å².